The SMILES string of the molecule is CO[C@H]1/C=C/O[C@@]2(C)Oc3c(C)c(O)c4c(O)c(c5c(c4c3C2=O)=NC2(CCN(CCn3c([N+](=O)[O-])cnc3C)CC2)N=5)NC(=O)/C(C)=C\C=C\[C@H](C)[C@H](O)[C@@H](C)[C@@H](O)[C@@H](C)[C@H](OC(C)=O)[C@@H]1C. The van der Waals surface area contributed by atoms with Crippen LogP contribution in [0.3, 0.4) is 0 Å². The summed E-state index contributed by atoms with van der Waals surface area (Å²) in [5, 5.41) is 61.7. The van der Waals surface area contributed by atoms with Crippen molar-refractivity contribution >= 4 is 39.9 Å². The number of nitrogens with zero attached hydrogens (tertiary/aromatic N) is 6. The van der Waals surface area contributed by atoms with E-state index in [1.165, 1.54) is 52.5 Å². The molecule has 4 aliphatic heterocycles. The van der Waals surface area contributed by atoms with Crippen LogP contribution >= 0.6 is 0 Å². The summed E-state index contributed by atoms with van der Waals surface area (Å²) >= 11 is 0. The number of likely N-dealkylation sites (tertiary alicyclic amines) is 1. The number of methoxy groups -OCH3 is 1. The number of nitrogens with one attached hydrogen (secondary N) is 1. The number of esters is 1. The van der Waals surface area contributed by atoms with E-state index >= 15 is 0 Å². The van der Waals surface area contributed by atoms with Crippen LogP contribution in [0.25, 0.3) is 10.8 Å². The molecule has 0 radical (unpaired) electrons. The number of allylic oxidation sites excluding steroid dienone is 2. The Morgan fingerprint density at radius 1 is 0.971 bits per heavy atom. The zero-order valence-electron chi connectivity index (χ0n) is 40.0. The number of nitro groups is 1. The van der Waals surface area contributed by atoms with Crippen LogP contribution in [0, 0.1) is 47.6 Å². The maximum absolute atomic E-state index is 14.8. The van der Waals surface area contributed by atoms with Gasteiger partial charge in [0.15, 0.2) is 17.2 Å². The molecule has 4 bridgehead atoms. The van der Waals surface area contributed by atoms with Crippen LogP contribution in [0.2, 0.25) is 0 Å². The smallest absolute Gasteiger partial charge is 0.342 e. The summed E-state index contributed by atoms with van der Waals surface area (Å²) in [6, 6.07) is 0. The van der Waals surface area contributed by atoms with Crippen molar-refractivity contribution in [2.75, 3.05) is 32.1 Å². The lowest BCUT2D eigenvalue weighted by atomic mass is 9.78. The molecule has 3 aromatic rings. The molecule has 7 rings (SSSR count). The Hall–Kier alpha value is -6.22. The molecule has 5 heterocycles. The number of ether oxygens (including phenoxy) is 4. The number of phenols is 2. The molecule has 20 heteroatoms. The molecule has 0 unspecified atom stereocenters. The number of aliphatic hydroxyl groups excluding tert-OH is 2. The van der Waals surface area contributed by atoms with Crippen LogP contribution in [0.5, 0.6) is 17.2 Å². The topological polar surface area (TPSA) is 270 Å². The van der Waals surface area contributed by atoms with Crippen molar-refractivity contribution in [3.63, 3.8) is 0 Å². The number of rotatable bonds is 6. The van der Waals surface area contributed by atoms with E-state index in [1.54, 1.807) is 58.3 Å². The predicted molar refractivity (Wildman–Crippen MR) is 246 cm³/mol. The fourth-order valence-corrected chi connectivity index (χ4v) is 9.84. The van der Waals surface area contributed by atoms with Crippen molar-refractivity contribution in [1.29, 1.82) is 0 Å². The first-order valence-electron chi connectivity index (χ1n) is 22.8. The number of aromatic nitrogens is 2. The second-order valence-corrected chi connectivity index (χ2v) is 18.7. The maximum Gasteiger partial charge on any atom is 0.342 e. The highest BCUT2D eigenvalue weighted by Gasteiger charge is 2.50. The third-order valence-corrected chi connectivity index (χ3v) is 14.1. The van der Waals surface area contributed by atoms with Crippen LogP contribution in [0.15, 0.2) is 52.3 Å². The zero-order valence-corrected chi connectivity index (χ0v) is 40.0. The number of aryl methyl sites for hydroxylation is 1. The molecule has 5 N–H and O–H groups in total. The summed E-state index contributed by atoms with van der Waals surface area (Å²) in [5.41, 5.74) is -0.986. The number of imidazole rings is 1. The molecule has 1 amide bonds. The van der Waals surface area contributed by atoms with E-state index in [-0.39, 0.29) is 55.4 Å². The third-order valence-electron chi connectivity index (χ3n) is 14.1. The van der Waals surface area contributed by atoms with Crippen molar-refractivity contribution in [3.05, 3.63) is 80.1 Å². The average molecular weight is 944 g/mol. The Morgan fingerprint density at radius 3 is 2.29 bits per heavy atom. The Morgan fingerprint density at radius 2 is 1.65 bits per heavy atom. The molecule has 1 saturated heterocycles. The first-order chi connectivity index (χ1) is 32.0. The van der Waals surface area contributed by atoms with Gasteiger partial charge in [0, 0.05) is 101 Å². The van der Waals surface area contributed by atoms with Gasteiger partial charge in [0.25, 0.3) is 11.7 Å². The van der Waals surface area contributed by atoms with Crippen LogP contribution in [-0.2, 0) is 30.3 Å². The number of phenolic OH excluding ortho intramolecular Hbond substituents is 2. The molecule has 0 aliphatic carbocycles. The number of piperidine rings is 1. The largest absolute Gasteiger partial charge is 0.507 e. The normalized spacial score (nSPS) is 30.4. The minimum absolute atomic E-state index is 0.0137. The number of amides is 1. The highest BCUT2D eigenvalue weighted by molar-refractivity contribution is 6.19. The Balaban J connectivity index is 1.34. The summed E-state index contributed by atoms with van der Waals surface area (Å²) in [6.45, 7) is 16.1. The first-order valence-corrected chi connectivity index (χ1v) is 22.8. The number of aromatic hydroxyl groups is 2. The van der Waals surface area contributed by atoms with Gasteiger partial charge < -0.3 is 54.8 Å². The molecule has 1 fully saturated rings. The van der Waals surface area contributed by atoms with E-state index in [9.17, 15) is 44.9 Å². The number of ketones is 1. The summed E-state index contributed by atoms with van der Waals surface area (Å²) in [7, 11) is 1.45. The molecule has 68 heavy (non-hydrogen) atoms. The lowest BCUT2D eigenvalue weighted by Gasteiger charge is -2.38. The molecule has 0 saturated carbocycles. The van der Waals surface area contributed by atoms with E-state index in [4.69, 9.17) is 28.9 Å². The Kier molecular flexibility index (Phi) is 13.9. The number of fused-ring (bicyclic) bond motifs is 1. The second-order valence-electron chi connectivity index (χ2n) is 18.7. The van der Waals surface area contributed by atoms with Gasteiger partial charge in [0.1, 0.15) is 41.4 Å². The van der Waals surface area contributed by atoms with Crippen LogP contribution in [0.4, 0.5) is 11.5 Å². The molecule has 366 valence electrons. The van der Waals surface area contributed by atoms with Crippen molar-refractivity contribution in [2.45, 2.75) is 118 Å². The van der Waals surface area contributed by atoms with Gasteiger partial charge >= 0.3 is 17.6 Å². The molecule has 4 aliphatic rings. The van der Waals surface area contributed by atoms with Gasteiger partial charge in [-0.15, -0.1) is 0 Å². The molecular weight excluding hydrogens is 883 g/mol. The summed E-state index contributed by atoms with van der Waals surface area (Å²) in [6.07, 6.45) is 5.61. The van der Waals surface area contributed by atoms with Crippen LogP contribution < -0.4 is 20.8 Å². The maximum atomic E-state index is 14.8. The highest BCUT2D eigenvalue weighted by Crippen LogP contribution is 2.50. The number of anilines is 1. The number of aliphatic hydroxyl groups is 2. The number of Topliss-reactive ketones (excluding diaryl/α,β-unsaturated/α-hetero) is 1. The Bertz CT molecular complexity index is 2760. The van der Waals surface area contributed by atoms with Gasteiger partial charge in [0.2, 0.25) is 0 Å². The fraction of sp³-hybridized carbons (Fsp3) is 0.542. The highest BCUT2D eigenvalue weighted by atomic mass is 16.7. The number of hydrogen-bond donors (Lipinski definition) is 5. The van der Waals surface area contributed by atoms with Gasteiger partial charge in [-0.3, -0.25) is 29.3 Å². The molecular formula is C48H61N7O13. The Labute approximate surface area is 392 Å². The fourth-order valence-electron chi connectivity index (χ4n) is 9.84. The number of carbonyl (C=O) groups excluding carboxylic acids is 3. The minimum Gasteiger partial charge on any atom is -0.507 e. The zero-order chi connectivity index (χ0) is 49.7. The molecule has 2 aromatic carbocycles. The van der Waals surface area contributed by atoms with Gasteiger partial charge in [-0.1, -0.05) is 45.9 Å². The van der Waals surface area contributed by atoms with Crippen LogP contribution in [-0.4, -0.2) is 120 Å². The third kappa shape index (κ3) is 8.97. The molecule has 1 aromatic heterocycles. The van der Waals surface area contributed by atoms with Gasteiger partial charge in [-0.2, -0.15) is 0 Å². The second kappa shape index (κ2) is 19.0. The van der Waals surface area contributed by atoms with Crippen molar-refractivity contribution in [2.24, 2.45) is 33.7 Å². The molecule has 20 nitrogen and oxygen atoms in total. The van der Waals surface area contributed by atoms with Gasteiger partial charge in [0.05, 0.1) is 40.9 Å². The quantitative estimate of drug-likeness (QED) is 0.100. The van der Waals surface area contributed by atoms with Crippen molar-refractivity contribution in [1.82, 2.24) is 14.5 Å². The summed E-state index contributed by atoms with van der Waals surface area (Å²) in [4.78, 5) is 68.9. The predicted octanol–water partition coefficient (Wildman–Crippen LogP) is 4.21. The standard InChI is InChI=1S/C48H61N7O13/c1-23-12-11-13-24(2)46(62)50-38-37-36(51-48(52-37)15-17-53(18-16-48)19-20-54-29(7)49-22-32(54)55(63)64)33-34(42(38)60)41(59)28(6)44-35(33)45(61)47(9,68-44)66-21-14-31(65-10)25(3)43(67-30(8)56)27(5)40(58)26(4)39(23)57/h11-14,21-23,25-27,31,39-40,43,57-60H,15-20H2,1-10H3,(H,50,62)/b12-11+,21-14+,24-13-/t23-,25+,26+,27+,31-,39-,40+,43+,47-/m0/s1. The van der Waals surface area contributed by atoms with Gasteiger partial charge in [-0.25, -0.2) is 9.55 Å². The van der Waals surface area contributed by atoms with E-state index in [2.05, 4.69) is 15.2 Å². The average Bonchev–Trinajstić information content (AvgIpc) is 3.95. The molecule has 9 atom stereocenters. The lowest BCUT2D eigenvalue weighted by molar-refractivity contribution is -0.392. The van der Waals surface area contributed by atoms with Crippen LogP contribution in [0.1, 0.15) is 83.1 Å². The molecule has 1 spiro atoms. The number of hydrogen-bond acceptors (Lipinski definition) is 17. The first kappa shape index (κ1) is 49.7. The summed E-state index contributed by atoms with van der Waals surface area (Å²) < 4.78 is 25.5. The van der Waals surface area contributed by atoms with E-state index < -0.39 is 93.6 Å². The van der Waals surface area contributed by atoms with Crippen molar-refractivity contribution in [3.8, 4) is 17.2 Å². The minimum atomic E-state index is -2.02. The number of carbonyl (C=O) groups is 3. The van der Waals surface area contributed by atoms with Gasteiger partial charge in [-0.05, 0) is 24.8 Å². The van der Waals surface area contributed by atoms with Crippen molar-refractivity contribution < 1.29 is 58.7 Å². The lowest BCUT2D eigenvalue weighted by Crippen LogP contribution is -2.46. The van der Waals surface area contributed by atoms with E-state index in [0.29, 0.717) is 44.8 Å². The van der Waals surface area contributed by atoms with E-state index in [1.807, 2.05) is 0 Å². The van der Waals surface area contributed by atoms with E-state index in [0.717, 1.165) is 0 Å². The summed E-state index contributed by atoms with van der Waals surface area (Å²) in [5.74, 6) is -7.01. The number of benzene rings is 2. The monoisotopic (exact) mass is 943 g/mol.